The number of nitrogens with zero attached hydrogens (tertiary/aromatic N) is 3. The van der Waals surface area contributed by atoms with Crippen LogP contribution in [0.15, 0.2) is 42.6 Å². The fraction of sp³-hybridized carbons (Fsp3) is 0.500. The Morgan fingerprint density at radius 3 is 2.53 bits per heavy atom. The van der Waals surface area contributed by atoms with Gasteiger partial charge in [-0.05, 0) is 63.1 Å². The zero-order chi connectivity index (χ0) is 21.9. The van der Waals surface area contributed by atoms with Gasteiger partial charge in [0.2, 0.25) is 0 Å². The Hall–Kier alpha value is -2.41. The van der Waals surface area contributed by atoms with Gasteiger partial charge < -0.3 is 19.4 Å². The number of morpholine rings is 1. The highest BCUT2D eigenvalue weighted by molar-refractivity contribution is 5.93. The molecule has 0 atom stereocenters. The fourth-order valence-electron chi connectivity index (χ4n) is 4.82. The summed E-state index contributed by atoms with van der Waals surface area (Å²) in [6.07, 6.45) is 4.39. The molecule has 2 fully saturated rings. The van der Waals surface area contributed by atoms with Gasteiger partial charge in [-0.15, -0.1) is 0 Å². The highest BCUT2D eigenvalue weighted by Crippen LogP contribution is 2.30. The lowest BCUT2D eigenvalue weighted by Gasteiger charge is -2.34. The van der Waals surface area contributed by atoms with Crippen molar-refractivity contribution in [1.82, 2.24) is 19.8 Å². The molecule has 5 rings (SSSR count). The molecule has 1 N–H and O–H groups in total. The third-order valence-electron chi connectivity index (χ3n) is 6.74. The monoisotopic (exact) mass is 434 g/mol. The lowest BCUT2D eigenvalue weighted by atomic mass is 10.1. The fourth-order valence-corrected chi connectivity index (χ4v) is 4.82. The second-order valence-electron chi connectivity index (χ2n) is 9.28. The van der Waals surface area contributed by atoms with Gasteiger partial charge in [-0.1, -0.05) is 0 Å². The molecule has 2 aliphatic heterocycles. The topological polar surface area (TPSA) is 53.6 Å². The number of likely N-dealkylation sites (tertiary alicyclic amines) is 1. The molecule has 2 saturated heterocycles. The Morgan fingerprint density at radius 2 is 1.81 bits per heavy atom. The number of rotatable bonds is 6. The highest BCUT2D eigenvalue weighted by Gasteiger charge is 2.22. The third-order valence-corrected chi connectivity index (χ3v) is 6.74. The molecule has 2 aromatic heterocycles. The van der Waals surface area contributed by atoms with Crippen LogP contribution in [-0.2, 0) is 11.3 Å². The maximum atomic E-state index is 6.28. The van der Waals surface area contributed by atoms with Crippen LogP contribution in [0.2, 0.25) is 0 Å². The molecule has 2 aliphatic rings. The molecule has 32 heavy (non-hydrogen) atoms. The highest BCUT2D eigenvalue weighted by atomic mass is 16.5. The van der Waals surface area contributed by atoms with Crippen molar-refractivity contribution in [2.24, 2.45) is 0 Å². The number of benzene rings is 1. The van der Waals surface area contributed by atoms with E-state index in [1.807, 2.05) is 6.20 Å². The smallest absolute Gasteiger partial charge is 0.119 e. The Labute approximate surface area is 190 Å². The first-order valence-corrected chi connectivity index (χ1v) is 11.9. The largest absolute Gasteiger partial charge is 0.490 e. The van der Waals surface area contributed by atoms with E-state index in [1.165, 1.54) is 11.1 Å². The minimum Gasteiger partial charge on any atom is -0.490 e. The van der Waals surface area contributed by atoms with Gasteiger partial charge in [0.25, 0.3) is 0 Å². The summed E-state index contributed by atoms with van der Waals surface area (Å²) in [5, 5.41) is 1.17. The number of hydrogen-bond donors (Lipinski definition) is 1. The molecule has 0 spiro atoms. The second-order valence-corrected chi connectivity index (χ2v) is 9.28. The molecule has 0 amide bonds. The molecular formula is C26H34N4O2. The summed E-state index contributed by atoms with van der Waals surface area (Å²) in [5.74, 6) is 0.950. The molecule has 4 heterocycles. The Balaban J connectivity index is 1.28. The van der Waals surface area contributed by atoms with Crippen molar-refractivity contribution in [2.45, 2.75) is 45.4 Å². The summed E-state index contributed by atoms with van der Waals surface area (Å²) >= 11 is 0. The molecule has 0 saturated carbocycles. The molecule has 170 valence electrons. The van der Waals surface area contributed by atoms with Crippen molar-refractivity contribution in [3.63, 3.8) is 0 Å². The standard InChI is InChI=1S/C26H34N4O2/c1-19(2)30-11-8-23(9-12-30)32-22-5-3-20(4-6-22)26-24-17-21(28-25(24)7-10-27-26)18-29-13-15-31-16-14-29/h3-7,10,17,19,23,28H,8-9,11-16,18H2,1-2H3. The van der Waals surface area contributed by atoms with Gasteiger partial charge in [0.15, 0.2) is 0 Å². The summed E-state index contributed by atoms with van der Waals surface area (Å²) in [6, 6.07) is 13.4. The first-order chi connectivity index (χ1) is 15.7. The molecule has 0 unspecified atom stereocenters. The average Bonchev–Trinajstić information content (AvgIpc) is 3.23. The van der Waals surface area contributed by atoms with E-state index in [-0.39, 0.29) is 0 Å². The van der Waals surface area contributed by atoms with E-state index in [4.69, 9.17) is 14.5 Å². The van der Waals surface area contributed by atoms with Gasteiger partial charge in [0.05, 0.1) is 18.9 Å². The van der Waals surface area contributed by atoms with Crippen molar-refractivity contribution in [1.29, 1.82) is 0 Å². The van der Waals surface area contributed by atoms with Crippen LogP contribution in [0, 0.1) is 0 Å². The number of aromatic amines is 1. The van der Waals surface area contributed by atoms with Gasteiger partial charge in [0.1, 0.15) is 11.9 Å². The minimum atomic E-state index is 0.310. The summed E-state index contributed by atoms with van der Waals surface area (Å²) < 4.78 is 11.8. The predicted octanol–water partition coefficient (Wildman–Crippen LogP) is 4.31. The van der Waals surface area contributed by atoms with Crippen LogP contribution in [0.25, 0.3) is 22.2 Å². The molecule has 0 radical (unpaired) electrons. The summed E-state index contributed by atoms with van der Waals surface area (Å²) in [7, 11) is 0. The minimum absolute atomic E-state index is 0.310. The molecule has 0 bridgehead atoms. The predicted molar refractivity (Wildman–Crippen MR) is 128 cm³/mol. The van der Waals surface area contributed by atoms with E-state index in [0.717, 1.165) is 81.3 Å². The Bertz CT molecular complexity index is 1020. The molecule has 0 aliphatic carbocycles. The number of pyridine rings is 1. The van der Waals surface area contributed by atoms with Crippen molar-refractivity contribution in [2.75, 3.05) is 39.4 Å². The summed E-state index contributed by atoms with van der Waals surface area (Å²) in [5.41, 5.74) is 4.50. The van der Waals surface area contributed by atoms with Gasteiger partial charge >= 0.3 is 0 Å². The van der Waals surface area contributed by atoms with Crippen LogP contribution < -0.4 is 4.74 Å². The number of hydrogen-bond acceptors (Lipinski definition) is 5. The molecule has 3 aromatic rings. The van der Waals surface area contributed by atoms with Crippen molar-refractivity contribution in [3.8, 4) is 17.0 Å². The lowest BCUT2D eigenvalue weighted by Crippen LogP contribution is -2.41. The number of H-pyrrole nitrogens is 1. The maximum absolute atomic E-state index is 6.28. The van der Waals surface area contributed by atoms with Gasteiger partial charge in [0, 0.05) is 67.1 Å². The first-order valence-electron chi connectivity index (χ1n) is 11.9. The van der Waals surface area contributed by atoms with E-state index < -0.39 is 0 Å². The van der Waals surface area contributed by atoms with Crippen molar-refractivity contribution < 1.29 is 9.47 Å². The van der Waals surface area contributed by atoms with Crippen LogP contribution in [0.5, 0.6) is 5.75 Å². The first kappa shape index (κ1) is 21.4. The zero-order valence-corrected chi connectivity index (χ0v) is 19.2. The molecule has 1 aromatic carbocycles. The van der Waals surface area contributed by atoms with Crippen molar-refractivity contribution >= 4 is 10.9 Å². The van der Waals surface area contributed by atoms with Crippen LogP contribution in [0.3, 0.4) is 0 Å². The third kappa shape index (κ3) is 4.82. The van der Waals surface area contributed by atoms with E-state index in [9.17, 15) is 0 Å². The van der Waals surface area contributed by atoms with Crippen LogP contribution in [0.4, 0.5) is 0 Å². The van der Waals surface area contributed by atoms with Crippen LogP contribution in [-0.4, -0.2) is 71.3 Å². The van der Waals surface area contributed by atoms with E-state index in [1.54, 1.807) is 0 Å². The number of piperidine rings is 1. The van der Waals surface area contributed by atoms with E-state index >= 15 is 0 Å². The zero-order valence-electron chi connectivity index (χ0n) is 19.2. The maximum Gasteiger partial charge on any atom is 0.119 e. The molecule has 6 heteroatoms. The summed E-state index contributed by atoms with van der Waals surface area (Å²) in [6.45, 7) is 11.3. The number of ether oxygens (including phenoxy) is 2. The second kappa shape index (κ2) is 9.61. The van der Waals surface area contributed by atoms with Gasteiger partial charge in [-0.25, -0.2) is 0 Å². The number of fused-ring (bicyclic) bond motifs is 1. The molecule has 6 nitrogen and oxygen atoms in total. The Kier molecular flexibility index (Phi) is 6.44. The van der Waals surface area contributed by atoms with Gasteiger partial charge in [-0.3, -0.25) is 9.88 Å². The van der Waals surface area contributed by atoms with Crippen LogP contribution in [0.1, 0.15) is 32.4 Å². The van der Waals surface area contributed by atoms with Gasteiger partial charge in [-0.2, -0.15) is 0 Å². The Morgan fingerprint density at radius 1 is 1.06 bits per heavy atom. The van der Waals surface area contributed by atoms with Crippen molar-refractivity contribution in [3.05, 3.63) is 48.3 Å². The molecular weight excluding hydrogens is 400 g/mol. The normalized spacial score (nSPS) is 19.1. The SMILES string of the molecule is CC(C)N1CCC(Oc2ccc(-c3nccc4[nH]c(CN5CCOCC5)cc34)cc2)CC1. The lowest BCUT2D eigenvalue weighted by molar-refractivity contribution is 0.0337. The van der Waals surface area contributed by atoms with E-state index in [0.29, 0.717) is 12.1 Å². The quantitative estimate of drug-likeness (QED) is 0.626. The average molecular weight is 435 g/mol. The number of nitrogens with one attached hydrogen (secondary N) is 1. The summed E-state index contributed by atoms with van der Waals surface area (Å²) in [4.78, 5) is 13.2. The van der Waals surface area contributed by atoms with E-state index in [2.05, 4.69) is 65.0 Å². The van der Waals surface area contributed by atoms with Crippen LogP contribution >= 0.6 is 0 Å². The number of aromatic nitrogens is 2.